The van der Waals surface area contributed by atoms with Gasteiger partial charge < -0.3 is 9.84 Å². The average Bonchev–Trinajstić information content (AvgIpc) is 2.65. The van der Waals surface area contributed by atoms with Crippen molar-refractivity contribution in [1.82, 2.24) is 5.01 Å². The van der Waals surface area contributed by atoms with Crippen LogP contribution in [0.1, 0.15) is 38.8 Å². The molecule has 0 radical (unpaired) electrons. The van der Waals surface area contributed by atoms with E-state index >= 15 is 0 Å². The minimum absolute atomic E-state index is 0.0632. The Bertz CT molecular complexity index is 587. The minimum atomic E-state index is -0.503. The molecule has 1 aromatic rings. The van der Waals surface area contributed by atoms with Crippen LogP contribution in [0, 0.1) is 11.3 Å². The van der Waals surface area contributed by atoms with Crippen molar-refractivity contribution in [2.75, 3.05) is 7.11 Å². The molecule has 0 aliphatic carbocycles. The number of hydrogen-bond acceptors (Lipinski definition) is 5. The third-order valence-electron chi connectivity index (χ3n) is 3.47. The highest BCUT2D eigenvalue weighted by Crippen LogP contribution is 2.37. The molecule has 1 atom stereocenters. The van der Waals surface area contributed by atoms with Crippen molar-refractivity contribution >= 4 is 5.71 Å². The molecule has 0 bridgehead atoms. The van der Waals surface area contributed by atoms with Crippen LogP contribution in [0.5, 0.6) is 11.5 Å². The van der Waals surface area contributed by atoms with Crippen LogP contribution >= 0.6 is 0 Å². The Kier molecular flexibility index (Phi) is 3.58. The van der Waals surface area contributed by atoms with E-state index in [-0.39, 0.29) is 11.3 Å². The molecule has 2 rings (SSSR count). The lowest BCUT2D eigenvalue weighted by Gasteiger charge is -2.34. The summed E-state index contributed by atoms with van der Waals surface area (Å²) >= 11 is 0. The van der Waals surface area contributed by atoms with E-state index in [1.54, 1.807) is 12.1 Å². The van der Waals surface area contributed by atoms with Crippen molar-refractivity contribution in [3.8, 4) is 17.6 Å². The van der Waals surface area contributed by atoms with Crippen molar-refractivity contribution in [2.24, 2.45) is 5.10 Å². The SMILES string of the molecule is COc1cc(C(C#N)N2N=C(C)CC2(C)C)ccc1O. The van der Waals surface area contributed by atoms with Crippen LogP contribution in [0.3, 0.4) is 0 Å². The molecule has 0 aromatic heterocycles. The molecular formula is C15H19N3O2. The van der Waals surface area contributed by atoms with Gasteiger partial charge in [0.25, 0.3) is 0 Å². The summed E-state index contributed by atoms with van der Waals surface area (Å²) in [5.74, 6) is 0.425. The lowest BCUT2D eigenvalue weighted by molar-refractivity contribution is 0.122. The highest BCUT2D eigenvalue weighted by molar-refractivity contribution is 5.84. The van der Waals surface area contributed by atoms with Crippen LogP contribution in [0.25, 0.3) is 0 Å². The van der Waals surface area contributed by atoms with Gasteiger partial charge in [-0.1, -0.05) is 6.07 Å². The highest BCUT2D eigenvalue weighted by Gasteiger charge is 2.38. The summed E-state index contributed by atoms with van der Waals surface area (Å²) < 4.78 is 5.10. The van der Waals surface area contributed by atoms with Crippen LogP contribution in [0.2, 0.25) is 0 Å². The van der Waals surface area contributed by atoms with Crippen LogP contribution in [-0.2, 0) is 0 Å². The van der Waals surface area contributed by atoms with Crippen LogP contribution in [0.15, 0.2) is 23.3 Å². The fourth-order valence-corrected chi connectivity index (χ4v) is 2.60. The van der Waals surface area contributed by atoms with Gasteiger partial charge in [0.05, 0.1) is 18.7 Å². The maximum absolute atomic E-state index is 9.65. The monoisotopic (exact) mass is 273 g/mol. The number of hydrazone groups is 1. The van der Waals surface area contributed by atoms with Crippen LogP contribution < -0.4 is 4.74 Å². The fourth-order valence-electron chi connectivity index (χ4n) is 2.60. The van der Waals surface area contributed by atoms with Crippen molar-refractivity contribution < 1.29 is 9.84 Å². The minimum Gasteiger partial charge on any atom is -0.504 e. The van der Waals surface area contributed by atoms with Gasteiger partial charge in [-0.05, 0) is 38.5 Å². The first-order valence-electron chi connectivity index (χ1n) is 6.49. The molecule has 0 spiro atoms. The Hall–Kier alpha value is -2.22. The van der Waals surface area contributed by atoms with E-state index in [0.29, 0.717) is 5.75 Å². The Morgan fingerprint density at radius 2 is 2.20 bits per heavy atom. The summed E-state index contributed by atoms with van der Waals surface area (Å²) in [5.41, 5.74) is 1.57. The molecule has 1 N–H and O–H groups in total. The average molecular weight is 273 g/mol. The molecule has 1 aliphatic rings. The number of methoxy groups -OCH3 is 1. The number of nitrogens with zero attached hydrogens (tertiary/aromatic N) is 3. The molecule has 0 saturated carbocycles. The predicted molar refractivity (Wildman–Crippen MR) is 76.7 cm³/mol. The number of rotatable bonds is 3. The van der Waals surface area contributed by atoms with E-state index in [1.165, 1.54) is 13.2 Å². The number of nitriles is 1. The molecule has 0 saturated heterocycles. The topological polar surface area (TPSA) is 68.8 Å². The van der Waals surface area contributed by atoms with Gasteiger partial charge in [0.2, 0.25) is 0 Å². The van der Waals surface area contributed by atoms with E-state index in [9.17, 15) is 10.4 Å². The number of aromatic hydroxyl groups is 1. The maximum atomic E-state index is 9.65. The number of phenolic OH excluding ortho intramolecular Hbond substituents is 1. The Morgan fingerprint density at radius 3 is 2.70 bits per heavy atom. The summed E-state index contributed by atoms with van der Waals surface area (Å²) in [6.07, 6.45) is 0.834. The third-order valence-corrected chi connectivity index (χ3v) is 3.47. The molecule has 1 aliphatic heterocycles. The normalized spacial score (nSPS) is 18.4. The molecule has 5 heteroatoms. The summed E-state index contributed by atoms with van der Waals surface area (Å²) in [6, 6.07) is 6.74. The van der Waals surface area contributed by atoms with Crippen molar-refractivity contribution in [3.63, 3.8) is 0 Å². The van der Waals surface area contributed by atoms with E-state index in [2.05, 4.69) is 25.0 Å². The summed E-state index contributed by atoms with van der Waals surface area (Å²) in [6.45, 7) is 6.09. The highest BCUT2D eigenvalue weighted by atomic mass is 16.5. The number of hydrogen-bond donors (Lipinski definition) is 1. The van der Waals surface area contributed by atoms with Gasteiger partial charge >= 0.3 is 0 Å². The number of benzene rings is 1. The zero-order valence-electron chi connectivity index (χ0n) is 12.2. The van der Waals surface area contributed by atoms with E-state index < -0.39 is 6.04 Å². The van der Waals surface area contributed by atoms with E-state index in [0.717, 1.165) is 17.7 Å². The summed E-state index contributed by atoms with van der Waals surface area (Å²) in [7, 11) is 1.49. The Morgan fingerprint density at radius 1 is 1.50 bits per heavy atom. The first kappa shape index (κ1) is 14.2. The quantitative estimate of drug-likeness (QED) is 0.919. The zero-order valence-corrected chi connectivity index (χ0v) is 12.2. The van der Waals surface area contributed by atoms with Gasteiger partial charge in [0, 0.05) is 12.1 Å². The first-order valence-corrected chi connectivity index (χ1v) is 6.49. The van der Waals surface area contributed by atoms with Gasteiger partial charge in [-0.15, -0.1) is 0 Å². The smallest absolute Gasteiger partial charge is 0.160 e. The first-order chi connectivity index (χ1) is 9.39. The van der Waals surface area contributed by atoms with Crippen molar-refractivity contribution in [1.29, 1.82) is 5.26 Å². The molecule has 0 fully saturated rings. The van der Waals surface area contributed by atoms with E-state index in [4.69, 9.17) is 4.74 Å². The van der Waals surface area contributed by atoms with Crippen LogP contribution in [0.4, 0.5) is 0 Å². The number of phenols is 1. The molecule has 5 nitrogen and oxygen atoms in total. The predicted octanol–water partition coefficient (Wildman–Crippen LogP) is 2.83. The molecule has 106 valence electrons. The van der Waals surface area contributed by atoms with Gasteiger partial charge in [-0.2, -0.15) is 10.4 Å². The van der Waals surface area contributed by atoms with Crippen molar-refractivity contribution in [3.05, 3.63) is 23.8 Å². The zero-order chi connectivity index (χ0) is 14.9. The molecule has 0 amide bonds. The third kappa shape index (κ3) is 2.42. The lowest BCUT2D eigenvalue weighted by Crippen LogP contribution is -2.38. The number of ether oxygens (including phenoxy) is 1. The van der Waals surface area contributed by atoms with Gasteiger partial charge in [0.1, 0.15) is 0 Å². The Balaban J connectivity index is 2.41. The van der Waals surface area contributed by atoms with Gasteiger partial charge in [-0.3, -0.25) is 5.01 Å². The molecule has 1 aromatic carbocycles. The second-order valence-electron chi connectivity index (χ2n) is 5.63. The Labute approximate surface area is 119 Å². The van der Waals surface area contributed by atoms with Gasteiger partial charge in [0.15, 0.2) is 17.5 Å². The fraction of sp³-hybridized carbons (Fsp3) is 0.467. The van der Waals surface area contributed by atoms with Crippen LogP contribution in [-0.4, -0.2) is 28.5 Å². The van der Waals surface area contributed by atoms with E-state index in [1.807, 2.05) is 11.9 Å². The maximum Gasteiger partial charge on any atom is 0.160 e. The molecule has 1 unspecified atom stereocenters. The summed E-state index contributed by atoms with van der Waals surface area (Å²) in [4.78, 5) is 0. The lowest BCUT2D eigenvalue weighted by atomic mass is 9.96. The second kappa shape index (κ2) is 5.04. The van der Waals surface area contributed by atoms with Crippen molar-refractivity contribution in [2.45, 2.75) is 38.8 Å². The summed E-state index contributed by atoms with van der Waals surface area (Å²) in [5, 5.41) is 25.5. The molecular weight excluding hydrogens is 254 g/mol. The second-order valence-corrected chi connectivity index (χ2v) is 5.63. The van der Waals surface area contributed by atoms with Gasteiger partial charge in [-0.25, -0.2) is 0 Å². The standard InChI is InChI=1S/C15H19N3O2/c1-10-8-15(2,3)18(17-10)12(9-16)11-5-6-13(19)14(7-11)20-4/h5-7,12,19H,8H2,1-4H3. The largest absolute Gasteiger partial charge is 0.504 e. The molecule has 20 heavy (non-hydrogen) atoms. The molecule has 1 heterocycles.